The molecule has 4 nitrogen and oxygen atoms in total. The van der Waals surface area contributed by atoms with E-state index in [2.05, 4.69) is 27.4 Å². The largest absolute Gasteiger partial charge is 0.481 e. The SMILES string of the molecule is C=CC[C@@H]1C2C[C@H](O)CC[C@]2(C)C2CC[C@@]3(C)C(CCC3[C@H](C)CCC(=O)O)C2[C@@H]1O. The van der Waals surface area contributed by atoms with Gasteiger partial charge in [-0.05, 0) is 110 Å². The van der Waals surface area contributed by atoms with Crippen molar-refractivity contribution in [2.45, 2.75) is 97.2 Å². The molecule has 0 bridgehead atoms. The van der Waals surface area contributed by atoms with E-state index in [1.165, 1.54) is 25.7 Å². The number of rotatable bonds is 6. The second-order valence-corrected chi connectivity index (χ2v) is 12.1. The molecule has 0 heterocycles. The molecule has 0 aromatic carbocycles. The fourth-order valence-corrected chi connectivity index (χ4v) is 9.46. The molecule has 4 saturated carbocycles. The molecule has 5 unspecified atom stereocenters. The predicted octanol–water partition coefficient (Wildman–Crippen LogP) is 5.28. The number of fused-ring (bicyclic) bond motifs is 5. The minimum absolute atomic E-state index is 0.199. The first-order valence-electron chi connectivity index (χ1n) is 12.8. The van der Waals surface area contributed by atoms with Crippen LogP contribution in [0.4, 0.5) is 0 Å². The maximum Gasteiger partial charge on any atom is 0.303 e. The third kappa shape index (κ3) is 3.70. The maximum absolute atomic E-state index is 11.8. The summed E-state index contributed by atoms with van der Waals surface area (Å²) in [5.74, 6) is 2.25. The highest BCUT2D eigenvalue weighted by molar-refractivity contribution is 5.66. The molecule has 0 spiro atoms. The average molecular weight is 433 g/mol. The maximum atomic E-state index is 11.8. The minimum Gasteiger partial charge on any atom is -0.481 e. The molecule has 4 heteroatoms. The lowest BCUT2D eigenvalue weighted by Crippen LogP contribution is -2.62. The molecule has 4 aliphatic rings. The number of aliphatic carboxylic acids is 1. The van der Waals surface area contributed by atoms with Gasteiger partial charge >= 0.3 is 5.97 Å². The average Bonchev–Trinajstić information content (AvgIpc) is 3.07. The quantitative estimate of drug-likeness (QED) is 0.499. The van der Waals surface area contributed by atoms with Crippen molar-refractivity contribution in [2.75, 3.05) is 0 Å². The van der Waals surface area contributed by atoms with Gasteiger partial charge in [-0.2, -0.15) is 0 Å². The van der Waals surface area contributed by atoms with Crippen LogP contribution >= 0.6 is 0 Å². The number of carboxylic acid groups (broad SMARTS) is 1. The van der Waals surface area contributed by atoms with Crippen LogP contribution in [-0.2, 0) is 4.79 Å². The Morgan fingerprint density at radius 1 is 1.06 bits per heavy atom. The third-order valence-electron chi connectivity index (χ3n) is 10.9. The highest BCUT2D eigenvalue weighted by Gasteiger charge is 2.64. The molecule has 176 valence electrons. The highest BCUT2D eigenvalue weighted by Crippen LogP contribution is 2.69. The van der Waals surface area contributed by atoms with Crippen molar-refractivity contribution in [3.8, 4) is 0 Å². The molecule has 0 radical (unpaired) electrons. The van der Waals surface area contributed by atoms with E-state index in [1.807, 2.05) is 6.08 Å². The van der Waals surface area contributed by atoms with Crippen molar-refractivity contribution in [2.24, 2.45) is 52.3 Å². The molecule has 11 atom stereocenters. The first-order chi connectivity index (χ1) is 14.6. The van der Waals surface area contributed by atoms with Crippen LogP contribution in [0, 0.1) is 52.3 Å². The van der Waals surface area contributed by atoms with Crippen molar-refractivity contribution in [1.29, 1.82) is 0 Å². The topological polar surface area (TPSA) is 77.8 Å². The number of aliphatic hydroxyl groups excluding tert-OH is 2. The fourth-order valence-electron chi connectivity index (χ4n) is 9.46. The summed E-state index contributed by atoms with van der Waals surface area (Å²) >= 11 is 0. The minimum atomic E-state index is -0.691. The Hall–Kier alpha value is -0.870. The summed E-state index contributed by atoms with van der Waals surface area (Å²) in [5.41, 5.74) is 0.404. The number of hydrogen-bond donors (Lipinski definition) is 3. The summed E-state index contributed by atoms with van der Waals surface area (Å²) in [4.78, 5) is 11.1. The van der Waals surface area contributed by atoms with Crippen LogP contribution in [0.25, 0.3) is 0 Å². The van der Waals surface area contributed by atoms with Gasteiger partial charge in [-0.3, -0.25) is 4.79 Å². The summed E-state index contributed by atoms with van der Waals surface area (Å²) in [6.07, 6.45) is 10.8. The van der Waals surface area contributed by atoms with Gasteiger partial charge in [0.2, 0.25) is 0 Å². The molecule has 0 aliphatic heterocycles. The molecule has 3 N–H and O–H groups in total. The van der Waals surface area contributed by atoms with E-state index >= 15 is 0 Å². The first-order valence-corrected chi connectivity index (χ1v) is 12.8. The predicted molar refractivity (Wildman–Crippen MR) is 122 cm³/mol. The number of allylic oxidation sites excluding steroid dienone is 1. The molecule has 0 saturated heterocycles. The Morgan fingerprint density at radius 2 is 1.74 bits per heavy atom. The summed E-state index contributed by atoms with van der Waals surface area (Å²) in [6, 6.07) is 0. The molecule has 31 heavy (non-hydrogen) atoms. The molecular formula is C27H44O4. The highest BCUT2D eigenvalue weighted by atomic mass is 16.4. The van der Waals surface area contributed by atoms with E-state index < -0.39 is 5.97 Å². The normalized spacial score (nSPS) is 50.1. The molecule has 0 amide bonds. The Balaban J connectivity index is 1.63. The van der Waals surface area contributed by atoms with Gasteiger partial charge in [0, 0.05) is 6.42 Å². The Bertz CT molecular complexity index is 691. The van der Waals surface area contributed by atoms with E-state index in [0.717, 1.165) is 32.1 Å². The molecule has 0 aromatic heterocycles. The molecular weight excluding hydrogens is 388 g/mol. The van der Waals surface area contributed by atoms with E-state index in [-0.39, 0.29) is 35.4 Å². The first kappa shape index (κ1) is 23.3. The zero-order valence-corrected chi connectivity index (χ0v) is 19.8. The van der Waals surface area contributed by atoms with Gasteiger partial charge in [-0.15, -0.1) is 6.58 Å². The zero-order chi connectivity index (χ0) is 22.6. The van der Waals surface area contributed by atoms with Crippen molar-refractivity contribution in [3.63, 3.8) is 0 Å². The summed E-state index contributed by atoms with van der Waals surface area (Å²) in [6.45, 7) is 11.2. The van der Waals surface area contributed by atoms with Gasteiger partial charge in [0.25, 0.3) is 0 Å². The van der Waals surface area contributed by atoms with Crippen LogP contribution in [-0.4, -0.2) is 33.5 Å². The van der Waals surface area contributed by atoms with Gasteiger partial charge in [0.1, 0.15) is 0 Å². The van der Waals surface area contributed by atoms with Gasteiger partial charge < -0.3 is 15.3 Å². The smallest absolute Gasteiger partial charge is 0.303 e. The van der Waals surface area contributed by atoms with E-state index in [9.17, 15) is 15.0 Å². The van der Waals surface area contributed by atoms with Crippen LogP contribution in [0.2, 0.25) is 0 Å². The van der Waals surface area contributed by atoms with Gasteiger partial charge in [0.15, 0.2) is 0 Å². The van der Waals surface area contributed by atoms with Crippen LogP contribution in [0.5, 0.6) is 0 Å². The van der Waals surface area contributed by atoms with Crippen LogP contribution in [0.15, 0.2) is 12.7 Å². The zero-order valence-electron chi connectivity index (χ0n) is 19.8. The van der Waals surface area contributed by atoms with Gasteiger partial charge in [0.05, 0.1) is 12.2 Å². The lowest BCUT2D eigenvalue weighted by Gasteiger charge is -2.64. The number of aliphatic hydroxyl groups is 2. The van der Waals surface area contributed by atoms with Crippen molar-refractivity contribution >= 4 is 5.97 Å². The number of carbonyl (C=O) groups is 1. The van der Waals surface area contributed by atoms with E-state index in [4.69, 9.17) is 5.11 Å². The fraction of sp³-hybridized carbons (Fsp3) is 0.889. The second-order valence-electron chi connectivity index (χ2n) is 12.1. The van der Waals surface area contributed by atoms with E-state index in [1.54, 1.807) is 0 Å². The van der Waals surface area contributed by atoms with Crippen LogP contribution < -0.4 is 0 Å². The van der Waals surface area contributed by atoms with Crippen molar-refractivity contribution < 1.29 is 20.1 Å². The standard InChI is InChI=1S/C27H44O4/c1-5-6-18-22-15-17(28)11-13-27(22,4)21-12-14-26(3)19(16(2)7-10-23(29)30)8-9-20(26)24(21)25(18)31/h5,16-22,24-25,28,31H,1,6-15H2,2-4H3,(H,29,30)/t16-,17-,18-,19?,20?,21?,22?,24?,25-,26-,27-/m1/s1. The third-order valence-corrected chi connectivity index (χ3v) is 10.9. The second kappa shape index (κ2) is 8.48. The summed E-state index contributed by atoms with van der Waals surface area (Å²) in [7, 11) is 0. The lowest BCUT2D eigenvalue weighted by molar-refractivity contribution is -0.202. The van der Waals surface area contributed by atoms with Crippen molar-refractivity contribution in [1.82, 2.24) is 0 Å². The lowest BCUT2D eigenvalue weighted by atomic mass is 9.41. The molecule has 4 rings (SSSR count). The van der Waals surface area contributed by atoms with Crippen LogP contribution in [0.3, 0.4) is 0 Å². The monoisotopic (exact) mass is 432 g/mol. The summed E-state index contributed by atoms with van der Waals surface area (Å²) < 4.78 is 0. The molecule has 4 fully saturated rings. The summed E-state index contributed by atoms with van der Waals surface area (Å²) in [5, 5.41) is 31.4. The Morgan fingerprint density at radius 3 is 2.42 bits per heavy atom. The Kier molecular flexibility index (Phi) is 6.37. The van der Waals surface area contributed by atoms with Crippen molar-refractivity contribution in [3.05, 3.63) is 12.7 Å². The van der Waals surface area contributed by atoms with Gasteiger partial charge in [-0.1, -0.05) is 26.8 Å². The molecule has 0 aromatic rings. The number of hydrogen-bond acceptors (Lipinski definition) is 3. The van der Waals surface area contributed by atoms with E-state index in [0.29, 0.717) is 35.5 Å². The molecule has 4 aliphatic carbocycles. The Labute approximate surface area is 188 Å². The van der Waals surface area contributed by atoms with Gasteiger partial charge in [-0.25, -0.2) is 0 Å². The number of carboxylic acids is 1. The van der Waals surface area contributed by atoms with Crippen LogP contribution in [0.1, 0.15) is 85.0 Å².